The van der Waals surface area contributed by atoms with Crippen LogP contribution in [0.4, 0.5) is 0 Å². The maximum Gasteiger partial charge on any atom is 0.119 e. The van der Waals surface area contributed by atoms with Crippen LogP contribution >= 0.6 is 11.3 Å². The molecule has 1 aromatic heterocycles. The first kappa shape index (κ1) is 15.5. The molecule has 1 fully saturated rings. The molecular weight excluding hydrogens is 294 g/mol. The number of ether oxygens (including phenoxy) is 2. The highest BCUT2D eigenvalue weighted by Crippen LogP contribution is 2.20. The molecule has 1 unspecified atom stereocenters. The summed E-state index contributed by atoms with van der Waals surface area (Å²) in [7, 11) is 1.72. The van der Waals surface area contributed by atoms with Gasteiger partial charge >= 0.3 is 0 Å². The van der Waals surface area contributed by atoms with Gasteiger partial charge in [0, 0.05) is 31.1 Å². The number of methoxy groups -OCH3 is 1. The lowest BCUT2D eigenvalue weighted by Crippen LogP contribution is -2.31. The SMILES string of the molecule is COc1cccc(CN(Cc2cccs2)CC2CCCO2)c1. The van der Waals surface area contributed by atoms with Crippen molar-refractivity contribution in [1.82, 2.24) is 4.90 Å². The average molecular weight is 317 g/mol. The summed E-state index contributed by atoms with van der Waals surface area (Å²) in [6.07, 6.45) is 2.75. The molecule has 0 saturated carbocycles. The van der Waals surface area contributed by atoms with E-state index >= 15 is 0 Å². The predicted octanol–water partition coefficient (Wildman–Crippen LogP) is 3.94. The Morgan fingerprint density at radius 2 is 2.23 bits per heavy atom. The Hall–Kier alpha value is -1.36. The molecule has 4 heteroatoms. The zero-order chi connectivity index (χ0) is 15.2. The molecule has 0 radical (unpaired) electrons. The van der Waals surface area contributed by atoms with E-state index in [1.54, 1.807) is 7.11 Å². The highest BCUT2D eigenvalue weighted by molar-refractivity contribution is 7.09. The van der Waals surface area contributed by atoms with E-state index < -0.39 is 0 Å². The fraction of sp³-hybridized carbons (Fsp3) is 0.444. The van der Waals surface area contributed by atoms with Crippen LogP contribution in [0.5, 0.6) is 5.75 Å². The largest absolute Gasteiger partial charge is 0.497 e. The van der Waals surface area contributed by atoms with Gasteiger partial charge in [0.25, 0.3) is 0 Å². The van der Waals surface area contributed by atoms with Crippen LogP contribution in [0.2, 0.25) is 0 Å². The number of hydrogen-bond acceptors (Lipinski definition) is 4. The Kier molecular flexibility index (Phi) is 5.48. The van der Waals surface area contributed by atoms with Gasteiger partial charge in [-0.25, -0.2) is 0 Å². The molecule has 2 aromatic rings. The lowest BCUT2D eigenvalue weighted by molar-refractivity contribution is 0.0682. The van der Waals surface area contributed by atoms with Crippen LogP contribution in [0.3, 0.4) is 0 Å². The van der Waals surface area contributed by atoms with Gasteiger partial charge in [-0.15, -0.1) is 11.3 Å². The van der Waals surface area contributed by atoms with E-state index in [0.29, 0.717) is 6.10 Å². The summed E-state index contributed by atoms with van der Waals surface area (Å²) in [6.45, 7) is 3.81. The molecule has 3 rings (SSSR count). The molecule has 0 aliphatic carbocycles. The molecule has 0 bridgehead atoms. The van der Waals surface area contributed by atoms with Gasteiger partial charge in [-0.3, -0.25) is 4.90 Å². The minimum absolute atomic E-state index is 0.380. The Labute approximate surface area is 136 Å². The number of rotatable bonds is 7. The molecule has 1 aliphatic heterocycles. The fourth-order valence-corrected chi connectivity index (χ4v) is 3.66. The molecule has 1 aliphatic rings. The summed E-state index contributed by atoms with van der Waals surface area (Å²) >= 11 is 1.82. The van der Waals surface area contributed by atoms with E-state index in [2.05, 4.69) is 40.6 Å². The maximum atomic E-state index is 5.82. The molecule has 0 amide bonds. The van der Waals surface area contributed by atoms with Gasteiger partial charge in [-0.05, 0) is 42.0 Å². The fourth-order valence-electron chi connectivity index (χ4n) is 2.91. The first-order valence-electron chi connectivity index (χ1n) is 7.83. The lowest BCUT2D eigenvalue weighted by atomic mass is 10.1. The highest BCUT2D eigenvalue weighted by Gasteiger charge is 2.20. The summed E-state index contributed by atoms with van der Waals surface area (Å²) in [5.41, 5.74) is 1.29. The minimum Gasteiger partial charge on any atom is -0.497 e. The molecule has 3 nitrogen and oxygen atoms in total. The van der Waals surface area contributed by atoms with Crippen LogP contribution in [-0.4, -0.2) is 31.3 Å². The summed E-state index contributed by atoms with van der Waals surface area (Å²) in [6, 6.07) is 12.7. The molecule has 1 atom stereocenters. The van der Waals surface area contributed by atoms with Gasteiger partial charge < -0.3 is 9.47 Å². The van der Waals surface area contributed by atoms with Crippen LogP contribution in [0, 0.1) is 0 Å². The molecule has 22 heavy (non-hydrogen) atoms. The van der Waals surface area contributed by atoms with E-state index in [1.165, 1.54) is 23.3 Å². The zero-order valence-corrected chi connectivity index (χ0v) is 13.8. The Bertz CT molecular complexity index is 564. The number of nitrogens with zero attached hydrogens (tertiary/aromatic N) is 1. The second-order valence-corrected chi connectivity index (χ2v) is 6.77. The Morgan fingerprint density at radius 3 is 2.95 bits per heavy atom. The van der Waals surface area contributed by atoms with Gasteiger partial charge in [-0.1, -0.05) is 18.2 Å². The monoisotopic (exact) mass is 317 g/mol. The van der Waals surface area contributed by atoms with Crippen molar-refractivity contribution in [3.63, 3.8) is 0 Å². The quantitative estimate of drug-likeness (QED) is 0.772. The second kappa shape index (κ2) is 7.77. The first-order chi connectivity index (χ1) is 10.8. The van der Waals surface area contributed by atoms with Gasteiger partial charge in [0.05, 0.1) is 13.2 Å². The molecular formula is C18H23NO2S. The smallest absolute Gasteiger partial charge is 0.119 e. The normalized spacial score (nSPS) is 18.0. The van der Waals surface area contributed by atoms with Crippen LogP contribution in [0.1, 0.15) is 23.3 Å². The molecule has 2 heterocycles. The van der Waals surface area contributed by atoms with Gasteiger partial charge in [0.2, 0.25) is 0 Å². The molecule has 1 aromatic carbocycles. The van der Waals surface area contributed by atoms with E-state index in [1.807, 2.05) is 17.4 Å². The van der Waals surface area contributed by atoms with Crippen molar-refractivity contribution >= 4 is 11.3 Å². The summed E-state index contributed by atoms with van der Waals surface area (Å²) < 4.78 is 11.2. The molecule has 0 spiro atoms. The van der Waals surface area contributed by atoms with E-state index in [9.17, 15) is 0 Å². The average Bonchev–Trinajstić information content (AvgIpc) is 3.21. The van der Waals surface area contributed by atoms with Crippen molar-refractivity contribution in [2.24, 2.45) is 0 Å². The predicted molar refractivity (Wildman–Crippen MR) is 90.4 cm³/mol. The van der Waals surface area contributed by atoms with Crippen molar-refractivity contribution in [3.8, 4) is 5.75 Å². The molecule has 0 N–H and O–H groups in total. The number of thiophene rings is 1. The standard InChI is InChI=1S/C18H23NO2S/c1-20-16-6-2-5-15(11-16)12-19(13-17-7-3-9-21-17)14-18-8-4-10-22-18/h2,4-6,8,10-11,17H,3,7,9,12-14H2,1H3. The van der Waals surface area contributed by atoms with Crippen LogP contribution in [0.15, 0.2) is 41.8 Å². The van der Waals surface area contributed by atoms with E-state index in [0.717, 1.165) is 32.0 Å². The first-order valence-corrected chi connectivity index (χ1v) is 8.71. The van der Waals surface area contributed by atoms with Crippen molar-refractivity contribution in [3.05, 3.63) is 52.2 Å². The third kappa shape index (κ3) is 4.32. The van der Waals surface area contributed by atoms with E-state index in [4.69, 9.17) is 9.47 Å². The number of hydrogen-bond donors (Lipinski definition) is 0. The van der Waals surface area contributed by atoms with Gasteiger partial charge in [-0.2, -0.15) is 0 Å². The Balaban J connectivity index is 1.68. The maximum absolute atomic E-state index is 5.82. The van der Waals surface area contributed by atoms with Gasteiger partial charge in [0.1, 0.15) is 5.75 Å². The van der Waals surface area contributed by atoms with Crippen LogP contribution in [-0.2, 0) is 17.8 Å². The van der Waals surface area contributed by atoms with Crippen LogP contribution in [0.25, 0.3) is 0 Å². The van der Waals surface area contributed by atoms with Crippen molar-refractivity contribution in [2.45, 2.75) is 32.0 Å². The lowest BCUT2D eigenvalue weighted by Gasteiger charge is -2.25. The Morgan fingerprint density at radius 1 is 1.27 bits per heavy atom. The molecule has 118 valence electrons. The molecule has 1 saturated heterocycles. The van der Waals surface area contributed by atoms with E-state index in [-0.39, 0.29) is 0 Å². The van der Waals surface area contributed by atoms with Crippen molar-refractivity contribution < 1.29 is 9.47 Å². The number of benzene rings is 1. The van der Waals surface area contributed by atoms with Gasteiger partial charge in [0.15, 0.2) is 0 Å². The minimum atomic E-state index is 0.380. The van der Waals surface area contributed by atoms with Crippen molar-refractivity contribution in [2.75, 3.05) is 20.3 Å². The zero-order valence-electron chi connectivity index (χ0n) is 13.0. The third-order valence-corrected chi connectivity index (χ3v) is 4.85. The summed E-state index contributed by atoms with van der Waals surface area (Å²) in [5, 5.41) is 2.14. The highest BCUT2D eigenvalue weighted by atomic mass is 32.1. The topological polar surface area (TPSA) is 21.7 Å². The van der Waals surface area contributed by atoms with Crippen molar-refractivity contribution in [1.29, 1.82) is 0 Å². The summed E-state index contributed by atoms with van der Waals surface area (Å²) in [4.78, 5) is 3.89. The second-order valence-electron chi connectivity index (χ2n) is 5.74. The summed E-state index contributed by atoms with van der Waals surface area (Å²) in [5.74, 6) is 0.922. The van der Waals surface area contributed by atoms with Crippen LogP contribution < -0.4 is 4.74 Å². The third-order valence-electron chi connectivity index (χ3n) is 3.99.